The van der Waals surface area contributed by atoms with Crippen LogP contribution < -0.4 is 5.32 Å². The number of para-hydroxylation sites is 1. The minimum atomic E-state index is 1.09. The van der Waals surface area contributed by atoms with E-state index in [0.717, 1.165) is 6.54 Å². The minimum Gasteiger partial charge on any atom is -0.385 e. The zero-order valence-corrected chi connectivity index (χ0v) is 11.6. The standard InChI is InChI=1S/C16H26N2/c1-2-8-15-9-3-4-10-16(15)17-11-7-14-18-12-5-6-13-18/h3-4,9-10,17H,2,5-8,11-14H2,1H3. The largest absolute Gasteiger partial charge is 0.385 e. The Kier molecular flexibility index (Phi) is 5.53. The van der Waals surface area contributed by atoms with E-state index >= 15 is 0 Å². The molecule has 0 bridgehead atoms. The Labute approximate surface area is 111 Å². The lowest BCUT2D eigenvalue weighted by molar-refractivity contribution is 0.337. The van der Waals surface area contributed by atoms with E-state index in [1.807, 2.05) is 0 Å². The van der Waals surface area contributed by atoms with Crippen LogP contribution in [0.3, 0.4) is 0 Å². The minimum absolute atomic E-state index is 1.09. The smallest absolute Gasteiger partial charge is 0.0372 e. The van der Waals surface area contributed by atoms with Gasteiger partial charge < -0.3 is 10.2 Å². The van der Waals surface area contributed by atoms with E-state index in [1.54, 1.807) is 0 Å². The van der Waals surface area contributed by atoms with E-state index in [1.165, 1.54) is 63.0 Å². The highest BCUT2D eigenvalue weighted by atomic mass is 15.1. The number of nitrogens with zero attached hydrogens (tertiary/aromatic N) is 1. The van der Waals surface area contributed by atoms with E-state index < -0.39 is 0 Å². The van der Waals surface area contributed by atoms with Gasteiger partial charge in [-0.25, -0.2) is 0 Å². The first kappa shape index (κ1) is 13.4. The zero-order chi connectivity index (χ0) is 12.6. The van der Waals surface area contributed by atoms with Crippen LogP contribution >= 0.6 is 0 Å². The van der Waals surface area contributed by atoms with Crippen molar-refractivity contribution in [2.45, 2.75) is 39.0 Å². The molecule has 1 aliphatic rings. The Bertz CT molecular complexity index is 343. The lowest BCUT2D eigenvalue weighted by Gasteiger charge is -2.16. The molecule has 2 rings (SSSR count). The third-order valence-corrected chi connectivity index (χ3v) is 3.70. The van der Waals surface area contributed by atoms with Crippen molar-refractivity contribution in [1.82, 2.24) is 4.90 Å². The average molecular weight is 246 g/mol. The van der Waals surface area contributed by atoms with Gasteiger partial charge in [0.2, 0.25) is 0 Å². The maximum absolute atomic E-state index is 3.60. The Morgan fingerprint density at radius 2 is 1.94 bits per heavy atom. The number of benzene rings is 1. The molecule has 1 aliphatic heterocycles. The molecule has 1 aromatic rings. The van der Waals surface area contributed by atoms with Gasteiger partial charge in [0, 0.05) is 12.2 Å². The van der Waals surface area contributed by atoms with Gasteiger partial charge in [-0.05, 0) is 56.9 Å². The molecule has 0 radical (unpaired) electrons. The highest BCUT2D eigenvalue weighted by molar-refractivity contribution is 5.51. The molecule has 0 unspecified atom stereocenters. The number of aryl methyl sites for hydroxylation is 1. The van der Waals surface area contributed by atoms with Crippen molar-refractivity contribution in [3.63, 3.8) is 0 Å². The predicted molar refractivity (Wildman–Crippen MR) is 79.2 cm³/mol. The quantitative estimate of drug-likeness (QED) is 0.740. The second kappa shape index (κ2) is 7.42. The summed E-state index contributed by atoms with van der Waals surface area (Å²) < 4.78 is 0. The molecule has 0 saturated carbocycles. The summed E-state index contributed by atoms with van der Waals surface area (Å²) in [5.41, 5.74) is 2.79. The van der Waals surface area contributed by atoms with Gasteiger partial charge >= 0.3 is 0 Å². The highest BCUT2D eigenvalue weighted by Crippen LogP contribution is 2.16. The number of hydrogen-bond acceptors (Lipinski definition) is 2. The molecule has 0 atom stereocenters. The van der Waals surface area contributed by atoms with Gasteiger partial charge in [-0.2, -0.15) is 0 Å². The molecule has 1 heterocycles. The number of anilines is 1. The summed E-state index contributed by atoms with van der Waals surface area (Å²) in [6, 6.07) is 8.72. The molecule has 0 aliphatic carbocycles. The van der Waals surface area contributed by atoms with Crippen molar-refractivity contribution in [2.24, 2.45) is 0 Å². The Morgan fingerprint density at radius 3 is 2.72 bits per heavy atom. The van der Waals surface area contributed by atoms with Crippen molar-refractivity contribution >= 4 is 5.69 Å². The number of nitrogens with one attached hydrogen (secondary N) is 1. The topological polar surface area (TPSA) is 15.3 Å². The molecule has 1 saturated heterocycles. The molecule has 1 N–H and O–H groups in total. The van der Waals surface area contributed by atoms with Crippen LogP contribution in [0.15, 0.2) is 24.3 Å². The van der Waals surface area contributed by atoms with Crippen molar-refractivity contribution in [3.05, 3.63) is 29.8 Å². The fourth-order valence-corrected chi connectivity index (χ4v) is 2.71. The number of rotatable bonds is 7. The summed E-state index contributed by atoms with van der Waals surface area (Å²) in [6.07, 6.45) is 6.43. The summed E-state index contributed by atoms with van der Waals surface area (Å²) in [4.78, 5) is 2.58. The van der Waals surface area contributed by atoms with Gasteiger partial charge in [-0.15, -0.1) is 0 Å². The van der Waals surface area contributed by atoms with Crippen molar-refractivity contribution in [1.29, 1.82) is 0 Å². The van der Waals surface area contributed by atoms with Gasteiger partial charge in [-0.1, -0.05) is 31.5 Å². The van der Waals surface area contributed by atoms with Crippen LogP contribution in [0.4, 0.5) is 5.69 Å². The van der Waals surface area contributed by atoms with Gasteiger partial charge in [0.25, 0.3) is 0 Å². The van der Waals surface area contributed by atoms with Crippen molar-refractivity contribution in [2.75, 3.05) is 31.5 Å². The summed E-state index contributed by atoms with van der Waals surface area (Å²) in [5.74, 6) is 0. The number of likely N-dealkylation sites (tertiary alicyclic amines) is 1. The summed E-state index contributed by atoms with van der Waals surface area (Å²) in [5, 5.41) is 3.60. The van der Waals surface area contributed by atoms with Gasteiger partial charge in [0.15, 0.2) is 0 Å². The van der Waals surface area contributed by atoms with Crippen molar-refractivity contribution < 1.29 is 0 Å². The first-order chi connectivity index (χ1) is 8.90. The summed E-state index contributed by atoms with van der Waals surface area (Å²) >= 11 is 0. The van der Waals surface area contributed by atoms with Crippen LogP contribution in [0.5, 0.6) is 0 Å². The monoisotopic (exact) mass is 246 g/mol. The lowest BCUT2D eigenvalue weighted by Crippen LogP contribution is -2.22. The lowest BCUT2D eigenvalue weighted by atomic mass is 10.1. The van der Waals surface area contributed by atoms with Crippen LogP contribution in [0.25, 0.3) is 0 Å². The average Bonchev–Trinajstić information content (AvgIpc) is 2.90. The summed E-state index contributed by atoms with van der Waals surface area (Å²) in [6.45, 7) is 7.21. The second-order valence-electron chi connectivity index (χ2n) is 5.24. The first-order valence-corrected chi connectivity index (χ1v) is 7.44. The Hall–Kier alpha value is -1.02. The van der Waals surface area contributed by atoms with Gasteiger partial charge in [0.1, 0.15) is 0 Å². The molecular formula is C16H26N2. The molecular weight excluding hydrogens is 220 g/mol. The number of hydrogen-bond donors (Lipinski definition) is 1. The van der Waals surface area contributed by atoms with Gasteiger partial charge in [0.05, 0.1) is 0 Å². The van der Waals surface area contributed by atoms with E-state index in [4.69, 9.17) is 0 Å². The van der Waals surface area contributed by atoms with E-state index in [0.29, 0.717) is 0 Å². The first-order valence-electron chi connectivity index (χ1n) is 7.44. The fourth-order valence-electron chi connectivity index (χ4n) is 2.71. The fraction of sp³-hybridized carbons (Fsp3) is 0.625. The molecule has 2 nitrogen and oxygen atoms in total. The SMILES string of the molecule is CCCc1ccccc1NCCCN1CCCC1. The summed E-state index contributed by atoms with van der Waals surface area (Å²) in [7, 11) is 0. The van der Waals surface area contributed by atoms with E-state index in [2.05, 4.69) is 41.4 Å². The zero-order valence-electron chi connectivity index (χ0n) is 11.6. The van der Waals surface area contributed by atoms with Crippen LogP contribution in [-0.4, -0.2) is 31.1 Å². The predicted octanol–water partition coefficient (Wildman–Crippen LogP) is 3.54. The normalized spacial score (nSPS) is 16.1. The molecule has 100 valence electrons. The molecule has 2 heteroatoms. The molecule has 1 fully saturated rings. The van der Waals surface area contributed by atoms with Crippen molar-refractivity contribution in [3.8, 4) is 0 Å². The highest BCUT2D eigenvalue weighted by Gasteiger charge is 2.10. The molecule has 18 heavy (non-hydrogen) atoms. The Balaban J connectivity index is 1.72. The van der Waals surface area contributed by atoms with Crippen LogP contribution in [0, 0.1) is 0 Å². The van der Waals surface area contributed by atoms with E-state index in [9.17, 15) is 0 Å². The van der Waals surface area contributed by atoms with Crippen LogP contribution in [0.2, 0.25) is 0 Å². The van der Waals surface area contributed by atoms with E-state index in [-0.39, 0.29) is 0 Å². The molecule has 0 aromatic heterocycles. The van der Waals surface area contributed by atoms with Crippen LogP contribution in [-0.2, 0) is 6.42 Å². The molecule has 0 spiro atoms. The molecule has 0 amide bonds. The van der Waals surface area contributed by atoms with Crippen LogP contribution in [0.1, 0.15) is 38.2 Å². The Morgan fingerprint density at radius 1 is 1.17 bits per heavy atom. The molecule has 1 aromatic carbocycles. The maximum Gasteiger partial charge on any atom is 0.0372 e. The third-order valence-electron chi connectivity index (χ3n) is 3.70. The maximum atomic E-state index is 3.60. The van der Waals surface area contributed by atoms with Gasteiger partial charge in [-0.3, -0.25) is 0 Å². The second-order valence-corrected chi connectivity index (χ2v) is 5.24. The third kappa shape index (κ3) is 4.02.